The summed E-state index contributed by atoms with van der Waals surface area (Å²) in [6.07, 6.45) is 4.09. The van der Waals surface area contributed by atoms with Gasteiger partial charge in [0.25, 0.3) is 0 Å². The lowest BCUT2D eigenvalue weighted by molar-refractivity contribution is 0.423. The standard InChI is InChI=1S/C22H29NO/c1-21(2,3)17-13-15(14-18(20(17)24)22(4,5)6)11-12-16-9-7-8-10-19(16)23/h7-14,24H,23H2,1-6H3/b12-11+. The van der Waals surface area contributed by atoms with E-state index in [1.807, 2.05) is 30.3 Å². The molecule has 2 nitrogen and oxygen atoms in total. The van der Waals surface area contributed by atoms with Gasteiger partial charge in [-0.05, 0) is 40.2 Å². The highest BCUT2D eigenvalue weighted by Crippen LogP contribution is 2.40. The minimum Gasteiger partial charge on any atom is -0.507 e. The number of phenols is 1. The normalized spacial score (nSPS) is 12.8. The van der Waals surface area contributed by atoms with Crippen LogP contribution in [0.15, 0.2) is 36.4 Å². The molecule has 0 radical (unpaired) electrons. The van der Waals surface area contributed by atoms with Crippen molar-refractivity contribution in [3.05, 3.63) is 58.7 Å². The number of para-hydroxylation sites is 1. The monoisotopic (exact) mass is 323 g/mol. The first-order chi connectivity index (χ1) is 11.0. The maximum absolute atomic E-state index is 10.8. The van der Waals surface area contributed by atoms with Crippen LogP contribution in [0.1, 0.15) is 63.8 Å². The number of hydrogen-bond acceptors (Lipinski definition) is 2. The summed E-state index contributed by atoms with van der Waals surface area (Å²) in [5.74, 6) is 0.409. The predicted molar refractivity (Wildman–Crippen MR) is 105 cm³/mol. The summed E-state index contributed by atoms with van der Waals surface area (Å²) in [7, 11) is 0. The van der Waals surface area contributed by atoms with Crippen LogP contribution in [0.4, 0.5) is 5.69 Å². The quantitative estimate of drug-likeness (QED) is 0.547. The number of anilines is 1. The molecule has 2 aromatic carbocycles. The second kappa shape index (κ2) is 6.35. The zero-order valence-corrected chi connectivity index (χ0v) is 15.6. The van der Waals surface area contributed by atoms with Crippen LogP contribution < -0.4 is 5.73 Å². The zero-order valence-electron chi connectivity index (χ0n) is 15.6. The molecule has 3 N–H and O–H groups in total. The van der Waals surface area contributed by atoms with Crippen LogP contribution >= 0.6 is 0 Å². The zero-order chi connectivity index (χ0) is 18.1. The van der Waals surface area contributed by atoms with E-state index in [1.54, 1.807) is 0 Å². The van der Waals surface area contributed by atoms with Crippen molar-refractivity contribution in [3.63, 3.8) is 0 Å². The molecule has 0 aliphatic carbocycles. The van der Waals surface area contributed by atoms with E-state index in [0.29, 0.717) is 5.75 Å². The van der Waals surface area contributed by atoms with Gasteiger partial charge in [0.1, 0.15) is 5.75 Å². The molecule has 0 fully saturated rings. The van der Waals surface area contributed by atoms with Crippen LogP contribution in [-0.4, -0.2) is 5.11 Å². The molecule has 0 bridgehead atoms. The second-order valence-corrected chi connectivity index (χ2v) is 8.43. The summed E-state index contributed by atoms with van der Waals surface area (Å²) in [6.45, 7) is 12.7. The maximum Gasteiger partial charge on any atom is 0.123 e. The SMILES string of the molecule is CC(C)(C)c1cc(/C=C/c2ccccc2N)cc(C(C)(C)C)c1O. The van der Waals surface area contributed by atoms with E-state index in [4.69, 9.17) is 5.73 Å². The van der Waals surface area contributed by atoms with Gasteiger partial charge in [0, 0.05) is 16.8 Å². The fourth-order valence-electron chi connectivity index (χ4n) is 2.75. The third-order valence-corrected chi connectivity index (χ3v) is 4.20. The van der Waals surface area contributed by atoms with Gasteiger partial charge < -0.3 is 10.8 Å². The lowest BCUT2D eigenvalue weighted by Gasteiger charge is -2.27. The van der Waals surface area contributed by atoms with Crippen LogP contribution in [0.5, 0.6) is 5.75 Å². The van der Waals surface area contributed by atoms with E-state index in [1.165, 1.54) is 0 Å². The Kier molecular flexibility index (Phi) is 4.80. The van der Waals surface area contributed by atoms with Crippen molar-refractivity contribution < 1.29 is 5.11 Å². The van der Waals surface area contributed by atoms with Crippen molar-refractivity contribution in [2.75, 3.05) is 5.73 Å². The predicted octanol–water partition coefficient (Wildman–Crippen LogP) is 5.74. The first kappa shape index (κ1) is 18.1. The van der Waals surface area contributed by atoms with Gasteiger partial charge in [-0.1, -0.05) is 71.9 Å². The highest BCUT2D eigenvalue weighted by molar-refractivity contribution is 5.76. The van der Waals surface area contributed by atoms with E-state index in [-0.39, 0.29) is 10.8 Å². The number of nitrogens with two attached hydrogens (primary N) is 1. The lowest BCUT2D eigenvalue weighted by Crippen LogP contribution is -2.17. The smallest absolute Gasteiger partial charge is 0.123 e. The van der Waals surface area contributed by atoms with Crippen LogP contribution in [0.2, 0.25) is 0 Å². The number of nitrogen functional groups attached to an aromatic ring is 1. The number of hydrogen-bond donors (Lipinski definition) is 2. The minimum atomic E-state index is -0.125. The van der Waals surface area contributed by atoms with Crippen LogP contribution in [0.3, 0.4) is 0 Å². The highest BCUT2D eigenvalue weighted by atomic mass is 16.3. The Morgan fingerprint density at radius 3 is 1.79 bits per heavy atom. The van der Waals surface area contributed by atoms with Gasteiger partial charge in [-0.2, -0.15) is 0 Å². The summed E-state index contributed by atoms with van der Waals surface area (Å²) < 4.78 is 0. The Morgan fingerprint density at radius 2 is 1.33 bits per heavy atom. The molecule has 2 rings (SSSR count). The molecule has 0 saturated carbocycles. The molecule has 0 aliphatic rings. The third-order valence-electron chi connectivity index (χ3n) is 4.20. The fourth-order valence-corrected chi connectivity index (χ4v) is 2.75. The number of phenolic OH excluding ortho intramolecular Hbond substituents is 1. The largest absolute Gasteiger partial charge is 0.507 e. The summed E-state index contributed by atoms with van der Waals surface area (Å²) in [5.41, 5.74) is 10.5. The van der Waals surface area contributed by atoms with E-state index in [0.717, 1.165) is 27.9 Å². The van der Waals surface area contributed by atoms with Gasteiger partial charge in [-0.25, -0.2) is 0 Å². The Hall–Kier alpha value is -2.22. The third kappa shape index (κ3) is 4.00. The topological polar surface area (TPSA) is 46.2 Å². The lowest BCUT2D eigenvalue weighted by atomic mass is 9.78. The molecule has 2 heteroatoms. The number of benzene rings is 2. The Morgan fingerprint density at radius 1 is 0.833 bits per heavy atom. The summed E-state index contributed by atoms with van der Waals surface area (Å²) >= 11 is 0. The molecule has 0 atom stereocenters. The van der Waals surface area contributed by atoms with Gasteiger partial charge in [0.2, 0.25) is 0 Å². The molecule has 0 aliphatic heterocycles. The molecule has 24 heavy (non-hydrogen) atoms. The van der Waals surface area contributed by atoms with Crippen LogP contribution in [0, 0.1) is 0 Å². The maximum atomic E-state index is 10.8. The fraction of sp³-hybridized carbons (Fsp3) is 0.364. The molecule has 0 spiro atoms. The molecule has 0 unspecified atom stereocenters. The first-order valence-electron chi connectivity index (χ1n) is 8.41. The van der Waals surface area contributed by atoms with E-state index in [9.17, 15) is 5.11 Å². The van der Waals surface area contributed by atoms with E-state index >= 15 is 0 Å². The molecule has 0 saturated heterocycles. The number of rotatable bonds is 2. The molecular formula is C22H29NO. The summed E-state index contributed by atoms with van der Waals surface area (Å²) in [6, 6.07) is 12.0. The molecule has 2 aromatic rings. The average Bonchev–Trinajstić information content (AvgIpc) is 2.45. The van der Waals surface area contributed by atoms with Crippen molar-refractivity contribution in [1.29, 1.82) is 0 Å². The Bertz CT molecular complexity index is 723. The van der Waals surface area contributed by atoms with Gasteiger partial charge in [0.15, 0.2) is 0 Å². The Balaban J connectivity index is 2.57. The highest BCUT2D eigenvalue weighted by Gasteiger charge is 2.26. The van der Waals surface area contributed by atoms with Gasteiger partial charge in [0.05, 0.1) is 0 Å². The van der Waals surface area contributed by atoms with Crippen molar-refractivity contribution >= 4 is 17.8 Å². The van der Waals surface area contributed by atoms with Crippen molar-refractivity contribution in [1.82, 2.24) is 0 Å². The molecular weight excluding hydrogens is 294 g/mol. The van der Waals surface area contributed by atoms with Crippen LogP contribution in [0.25, 0.3) is 12.2 Å². The molecule has 0 heterocycles. The minimum absolute atomic E-state index is 0.125. The van der Waals surface area contributed by atoms with Crippen molar-refractivity contribution in [2.45, 2.75) is 52.4 Å². The van der Waals surface area contributed by atoms with Crippen molar-refractivity contribution in [3.8, 4) is 5.75 Å². The van der Waals surface area contributed by atoms with Gasteiger partial charge in [-0.3, -0.25) is 0 Å². The number of aromatic hydroxyl groups is 1. The van der Waals surface area contributed by atoms with E-state index < -0.39 is 0 Å². The summed E-state index contributed by atoms with van der Waals surface area (Å²) in [5, 5.41) is 10.8. The molecule has 128 valence electrons. The van der Waals surface area contributed by atoms with Crippen LogP contribution in [-0.2, 0) is 10.8 Å². The average molecular weight is 323 g/mol. The van der Waals surface area contributed by atoms with E-state index in [2.05, 4.69) is 59.8 Å². The second-order valence-electron chi connectivity index (χ2n) is 8.43. The Labute approximate surface area is 146 Å². The molecule has 0 aromatic heterocycles. The summed E-state index contributed by atoms with van der Waals surface area (Å²) in [4.78, 5) is 0. The van der Waals surface area contributed by atoms with Crippen molar-refractivity contribution in [2.24, 2.45) is 0 Å². The molecule has 0 amide bonds. The van der Waals surface area contributed by atoms with Gasteiger partial charge in [-0.15, -0.1) is 0 Å². The first-order valence-corrected chi connectivity index (χ1v) is 8.41. The van der Waals surface area contributed by atoms with Gasteiger partial charge >= 0.3 is 0 Å².